The molecular weight excluding hydrogens is 568 g/mol. The summed E-state index contributed by atoms with van der Waals surface area (Å²) >= 11 is 24.6. The Labute approximate surface area is 229 Å². The average molecular weight is 581 g/mol. The number of nitrogens with zero attached hydrogens (tertiary/aromatic N) is 2. The number of carbonyl (C=O) groups is 3. The van der Waals surface area contributed by atoms with Gasteiger partial charge in [-0.25, -0.2) is 9.69 Å². The highest BCUT2D eigenvalue weighted by Gasteiger charge is 2.37. The van der Waals surface area contributed by atoms with E-state index >= 15 is 0 Å². The molecule has 4 amide bonds. The van der Waals surface area contributed by atoms with Crippen molar-refractivity contribution < 1.29 is 24.0 Å². The van der Waals surface area contributed by atoms with Crippen LogP contribution in [-0.4, -0.2) is 22.8 Å². The summed E-state index contributed by atoms with van der Waals surface area (Å²) < 4.78 is 5.86. The van der Waals surface area contributed by atoms with E-state index in [-0.39, 0.29) is 39.3 Å². The molecule has 0 atom stereocenters. The van der Waals surface area contributed by atoms with Crippen LogP contribution in [0.3, 0.4) is 0 Å². The SMILES string of the molecule is O=C1NC(=O)N(c2ccc([N+](=O)[O-])cc2)C(=O)/C1=C/c1cc(Cl)cc(Cl)c1OCc1ccc(Cl)cc1Cl. The van der Waals surface area contributed by atoms with Crippen LogP contribution in [-0.2, 0) is 16.2 Å². The normalized spacial score (nSPS) is 14.6. The number of hydrogen-bond donors (Lipinski definition) is 1. The van der Waals surface area contributed by atoms with Crippen molar-refractivity contribution in [1.29, 1.82) is 0 Å². The number of nitro benzene ring substituents is 1. The van der Waals surface area contributed by atoms with Crippen LogP contribution in [0.5, 0.6) is 5.75 Å². The van der Waals surface area contributed by atoms with Gasteiger partial charge in [0.15, 0.2) is 0 Å². The minimum atomic E-state index is -1.01. The zero-order valence-electron chi connectivity index (χ0n) is 18.3. The van der Waals surface area contributed by atoms with Crippen LogP contribution in [0, 0.1) is 10.1 Å². The van der Waals surface area contributed by atoms with Gasteiger partial charge in [-0.2, -0.15) is 0 Å². The molecule has 1 fully saturated rings. The van der Waals surface area contributed by atoms with E-state index in [0.29, 0.717) is 20.5 Å². The Hall–Kier alpha value is -3.63. The minimum Gasteiger partial charge on any atom is -0.487 e. The van der Waals surface area contributed by atoms with Gasteiger partial charge in [0.25, 0.3) is 17.5 Å². The van der Waals surface area contributed by atoms with Crippen LogP contribution < -0.4 is 15.0 Å². The lowest BCUT2D eigenvalue weighted by Gasteiger charge is -2.26. The monoisotopic (exact) mass is 579 g/mol. The molecule has 1 aliphatic rings. The van der Waals surface area contributed by atoms with Gasteiger partial charge < -0.3 is 4.74 Å². The molecule has 13 heteroatoms. The molecule has 37 heavy (non-hydrogen) atoms. The number of anilines is 1. The maximum absolute atomic E-state index is 13.2. The van der Waals surface area contributed by atoms with Crippen LogP contribution in [0.4, 0.5) is 16.2 Å². The smallest absolute Gasteiger partial charge is 0.335 e. The van der Waals surface area contributed by atoms with Crippen molar-refractivity contribution in [3.8, 4) is 5.75 Å². The molecule has 0 radical (unpaired) electrons. The van der Waals surface area contributed by atoms with E-state index < -0.39 is 28.3 Å². The lowest BCUT2D eigenvalue weighted by atomic mass is 10.1. The summed E-state index contributed by atoms with van der Waals surface area (Å²) in [6, 6.07) is 11.3. The fourth-order valence-electron chi connectivity index (χ4n) is 3.40. The van der Waals surface area contributed by atoms with Gasteiger partial charge in [0.2, 0.25) is 0 Å². The summed E-state index contributed by atoms with van der Waals surface area (Å²) in [5.74, 6) is -1.83. The Balaban J connectivity index is 1.70. The van der Waals surface area contributed by atoms with E-state index in [1.165, 1.54) is 30.3 Å². The first kappa shape index (κ1) is 26.4. The summed E-state index contributed by atoms with van der Waals surface area (Å²) in [5, 5.41) is 14.1. The topological polar surface area (TPSA) is 119 Å². The maximum Gasteiger partial charge on any atom is 0.335 e. The van der Waals surface area contributed by atoms with Crippen LogP contribution >= 0.6 is 46.4 Å². The molecule has 0 bridgehead atoms. The Morgan fingerprint density at radius 3 is 2.24 bits per heavy atom. The summed E-state index contributed by atoms with van der Waals surface area (Å²) in [5.41, 5.74) is 0.128. The van der Waals surface area contributed by atoms with Crippen molar-refractivity contribution in [3.05, 3.63) is 102 Å². The number of imide groups is 2. The number of non-ortho nitro benzene ring substituents is 1. The molecule has 0 saturated carbocycles. The number of nitro groups is 1. The molecule has 3 aromatic carbocycles. The van der Waals surface area contributed by atoms with Gasteiger partial charge in [-0.3, -0.25) is 25.0 Å². The van der Waals surface area contributed by atoms with E-state index in [2.05, 4.69) is 5.32 Å². The molecule has 1 aliphatic heterocycles. The number of urea groups is 1. The summed E-state index contributed by atoms with van der Waals surface area (Å²) in [6.07, 6.45) is 1.18. The molecule has 0 aromatic heterocycles. The highest BCUT2D eigenvalue weighted by Crippen LogP contribution is 2.36. The van der Waals surface area contributed by atoms with Gasteiger partial charge in [0, 0.05) is 38.3 Å². The van der Waals surface area contributed by atoms with Gasteiger partial charge in [0.1, 0.15) is 17.9 Å². The second-order valence-electron chi connectivity index (χ2n) is 7.56. The molecule has 188 valence electrons. The lowest BCUT2D eigenvalue weighted by Crippen LogP contribution is -2.54. The second-order valence-corrected chi connectivity index (χ2v) is 9.25. The number of ether oxygens (including phenoxy) is 1. The fraction of sp³-hybridized carbons (Fsp3) is 0.0417. The number of halogens is 4. The standard InChI is InChI=1S/C24H13Cl4N3O6/c25-14-2-1-12(19(27)9-14)11-37-21-13(7-15(26)10-20(21)28)8-18-22(32)29-24(34)30(23(18)33)16-3-5-17(6-4-16)31(35)36/h1-10H,11H2,(H,29,32,34)/b18-8+. The first-order valence-electron chi connectivity index (χ1n) is 10.3. The Morgan fingerprint density at radius 2 is 1.59 bits per heavy atom. The number of nitrogens with one attached hydrogen (secondary N) is 1. The van der Waals surface area contributed by atoms with E-state index in [0.717, 1.165) is 12.1 Å². The third-order valence-electron chi connectivity index (χ3n) is 5.14. The summed E-state index contributed by atoms with van der Waals surface area (Å²) in [6.45, 7) is -0.0267. The largest absolute Gasteiger partial charge is 0.487 e. The quantitative estimate of drug-likeness (QED) is 0.155. The first-order valence-corrected chi connectivity index (χ1v) is 11.8. The second kappa shape index (κ2) is 10.8. The molecule has 1 N–H and O–H groups in total. The highest BCUT2D eigenvalue weighted by molar-refractivity contribution is 6.40. The van der Waals surface area contributed by atoms with E-state index in [1.807, 2.05) is 0 Å². The Kier molecular flexibility index (Phi) is 7.70. The van der Waals surface area contributed by atoms with Crippen LogP contribution in [0.2, 0.25) is 20.1 Å². The maximum atomic E-state index is 13.2. The third kappa shape index (κ3) is 5.70. The van der Waals surface area contributed by atoms with Gasteiger partial charge in [-0.05, 0) is 42.5 Å². The molecule has 1 heterocycles. The number of hydrogen-bond acceptors (Lipinski definition) is 6. The number of carbonyl (C=O) groups excluding carboxylic acids is 3. The number of rotatable bonds is 6. The van der Waals surface area contributed by atoms with Crippen LogP contribution in [0.15, 0.2) is 60.2 Å². The summed E-state index contributed by atoms with van der Waals surface area (Å²) in [7, 11) is 0. The van der Waals surface area contributed by atoms with Crippen LogP contribution in [0.25, 0.3) is 6.08 Å². The molecule has 0 aliphatic carbocycles. The Morgan fingerprint density at radius 1 is 0.919 bits per heavy atom. The number of benzene rings is 3. The molecule has 9 nitrogen and oxygen atoms in total. The average Bonchev–Trinajstić information content (AvgIpc) is 2.82. The van der Waals surface area contributed by atoms with E-state index in [1.54, 1.807) is 18.2 Å². The molecule has 4 rings (SSSR count). The highest BCUT2D eigenvalue weighted by atomic mass is 35.5. The zero-order chi connectivity index (χ0) is 26.9. The van der Waals surface area contributed by atoms with Gasteiger partial charge in [0.05, 0.1) is 15.6 Å². The predicted octanol–water partition coefficient (Wildman–Crippen LogP) is 6.45. The van der Waals surface area contributed by atoms with E-state index in [9.17, 15) is 24.5 Å². The van der Waals surface area contributed by atoms with Crippen molar-refractivity contribution in [1.82, 2.24) is 5.32 Å². The fourth-order valence-corrected chi connectivity index (χ4v) is 4.43. The molecular formula is C24H13Cl4N3O6. The minimum absolute atomic E-state index is 0.0180. The zero-order valence-corrected chi connectivity index (χ0v) is 21.4. The third-order valence-corrected chi connectivity index (χ3v) is 6.23. The van der Waals surface area contributed by atoms with E-state index in [4.69, 9.17) is 51.1 Å². The van der Waals surface area contributed by atoms with Crippen molar-refractivity contribution in [2.75, 3.05) is 4.90 Å². The van der Waals surface area contributed by atoms with Crippen molar-refractivity contribution in [2.45, 2.75) is 6.61 Å². The van der Waals surface area contributed by atoms with Crippen molar-refractivity contribution in [2.24, 2.45) is 0 Å². The molecule has 0 spiro atoms. The number of barbiturate groups is 1. The Bertz CT molecular complexity index is 1490. The van der Waals surface area contributed by atoms with Gasteiger partial charge >= 0.3 is 6.03 Å². The van der Waals surface area contributed by atoms with Crippen molar-refractivity contribution >= 4 is 81.7 Å². The van der Waals surface area contributed by atoms with Gasteiger partial charge in [-0.15, -0.1) is 0 Å². The lowest BCUT2D eigenvalue weighted by molar-refractivity contribution is -0.384. The molecule has 1 saturated heterocycles. The molecule has 0 unspecified atom stereocenters. The summed E-state index contributed by atoms with van der Waals surface area (Å²) in [4.78, 5) is 49.2. The van der Waals surface area contributed by atoms with Gasteiger partial charge in [-0.1, -0.05) is 52.5 Å². The predicted molar refractivity (Wildman–Crippen MR) is 139 cm³/mol. The molecule has 3 aromatic rings. The number of amides is 4. The first-order chi connectivity index (χ1) is 17.5. The van der Waals surface area contributed by atoms with Crippen molar-refractivity contribution in [3.63, 3.8) is 0 Å². The van der Waals surface area contributed by atoms with Crippen LogP contribution in [0.1, 0.15) is 11.1 Å².